The second-order valence-corrected chi connectivity index (χ2v) is 9.77. The van der Waals surface area contributed by atoms with Crippen molar-refractivity contribution in [3.8, 4) is 5.75 Å². The number of hydrogen-bond acceptors (Lipinski definition) is 6. The summed E-state index contributed by atoms with van der Waals surface area (Å²) in [6, 6.07) is 16.2. The highest BCUT2D eigenvalue weighted by Crippen LogP contribution is 2.23. The summed E-state index contributed by atoms with van der Waals surface area (Å²) < 4.78 is 7.15. The Kier molecular flexibility index (Phi) is 6.29. The number of aromatic nitrogens is 3. The molecule has 0 spiro atoms. The molecule has 0 fully saturated rings. The van der Waals surface area contributed by atoms with Crippen LogP contribution in [0.2, 0.25) is 0 Å². The van der Waals surface area contributed by atoms with E-state index >= 15 is 0 Å². The van der Waals surface area contributed by atoms with Gasteiger partial charge in [-0.1, -0.05) is 57.2 Å². The number of nitrogens with zero attached hydrogens (tertiary/aromatic N) is 3. The standard InChI is InChI=1S/C25H26N4O3S/c1-5-21-28-29-22(30)14-19(27-24(29)33-21)15-32-20-8-6-7-18(13-20)26-23(31)16-9-11-17(12-10-16)25(2,3)4/h6-14H,5,15H2,1-4H3,(H,26,31). The molecule has 2 heterocycles. The Morgan fingerprint density at radius 3 is 2.58 bits per heavy atom. The van der Waals surface area contributed by atoms with Crippen LogP contribution in [0, 0.1) is 0 Å². The Bertz CT molecular complexity index is 1350. The minimum atomic E-state index is -0.229. The Balaban J connectivity index is 1.43. The molecule has 0 aliphatic heterocycles. The molecule has 4 aromatic rings. The lowest BCUT2D eigenvalue weighted by molar-refractivity contribution is 0.102. The lowest BCUT2D eigenvalue weighted by Gasteiger charge is -2.19. The monoisotopic (exact) mass is 462 g/mol. The highest BCUT2D eigenvalue weighted by atomic mass is 32.1. The van der Waals surface area contributed by atoms with Crippen LogP contribution >= 0.6 is 11.3 Å². The lowest BCUT2D eigenvalue weighted by Crippen LogP contribution is -2.16. The van der Waals surface area contributed by atoms with Gasteiger partial charge in [-0.2, -0.15) is 9.61 Å². The number of carbonyl (C=O) groups excluding carboxylic acids is 1. The molecule has 0 bridgehead atoms. The maximum atomic E-state index is 12.7. The predicted octanol–water partition coefficient (Wildman–Crippen LogP) is 4.84. The fourth-order valence-corrected chi connectivity index (χ4v) is 4.12. The number of amides is 1. The van der Waals surface area contributed by atoms with Crippen molar-refractivity contribution in [2.75, 3.05) is 5.32 Å². The first-order chi connectivity index (χ1) is 15.7. The molecule has 8 heteroatoms. The summed E-state index contributed by atoms with van der Waals surface area (Å²) in [5, 5.41) is 8.01. The molecule has 0 aliphatic rings. The van der Waals surface area contributed by atoms with Crippen LogP contribution in [-0.2, 0) is 18.4 Å². The molecule has 7 nitrogen and oxygen atoms in total. The van der Waals surface area contributed by atoms with E-state index < -0.39 is 0 Å². The molecule has 0 atom stereocenters. The average Bonchev–Trinajstić information content (AvgIpc) is 3.21. The maximum absolute atomic E-state index is 12.7. The number of rotatable bonds is 6. The number of carbonyl (C=O) groups is 1. The maximum Gasteiger partial charge on any atom is 0.275 e. The van der Waals surface area contributed by atoms with E-state index in [-0.39, 0.29) is 23.5 Å². The van der Waals surface area contributed by atoms with Crippen LogP contribution < -0.4 is 15.6 Å². The summed E-state index contributed by atoms with van der Waals surface area (Å²) in [5.41, 5.74) is 2.71. The highest BCUT2D eigenvalue weighted by Gasteiger charge is 2.14. The van der Waals surface area contributed by atoms with Crippen molar-refractivity contribution in [1.29, 1.82) is 0 Å². The number of benzene rings is 2. The van der Waals surface area contributed by atoms with Gasteiger partial charge >= 0.3 is 0 Å². The van der Waals surface area contributed by atoms with Gasteiger partial charge in [0.2, 0.25) is 4.96 Å². The van der Waals surface area contributed by atoms with Gasteiger partial charge in [0, 0.05) is 23.4 Å². The molecule has 0 radical (unpaired) electrons. The highest BCUT2D eigenvalue weighted by molar-refractivity contribution is 7.16. The normalized spacial score (nSPS) is 11.5. The molecule has 0 saturated carbocycles. The van der Waals surface area contributed by atoms with E-state index in [0.717, 1.165) is 11.4 Å². The van der Waals surface area contributed by atoms with E-state index in [0.29, 0.717) is 27.7 Å². The number of nitrogens with one attached hydrogen (secondary N) is 1. The first kappa shape index (κ1) is 22.7. The van der Waals surface area contributed by atoms with Crippen LogP contribution in [0.15, 0.2) is 59.4 Å². The predicted molar refractivity (Wildman–Crippen MR) is 130 cm³/mol. The van der Waals surface area contributed by atoms with Crippen LogP contribution in [-0.4, -0.2) is 20.5 Å². The van der Waals surface area contributed by atoms with Gasteiger partial charge < -0.3 is 10.1 Å². The number of hydrogen-bond donors (Lipinski definition) is 1. The third-order valence-electron chi connectivity index (χ3n) is 5.13. The Morgan fingerprint density at radius 2 is 1.88 bits per heavy atom. The molecule has 0 saturated heterocycles. The zero-order valence-corrected chi connectivity index (χ0v) is 19.9. The summed E-state index contributed by atoms with van der Waals surface area (Å²) in [5.74, 6) is 0.376. The average molecular weight is 463 g/mol. The van der Waals surface area contributed by atoms with E-state index in [1.54, 1.807) is 24.3 Å². The van der Waals surface area contributed by atoms with Crippen molar-refractivity contribution in [3.05, 3.63) is 86.8 Å². The van der Waals surface area contributed by atoms with Crippen LogP contribution in [0.4, 0.5) is 5.69 Å². The third-order valence-corrected chi connectivity index (χ3v) is 6.19. The van der Waals surface area contributed by atoms with E-state index in [1.165, 1.54) is 27.5 Å². The zero-order chi connectivity index (χ0) is 23.6. The summed E-state index contributed by atoms with van der Waals surface area (Å²) in [7, 11) is 0. The molecule has 170 valence electrons. The SMILES string of the molecule is CCc1nn2c(=O)cc(COc3cccc(NC(=O)c4ccc(C(C)(C)C)cc4)c3)nc2s1. The molecular formula is C25H26N4O3S. The molecule has 2 aromatic heterocycles. The van der Waals surface area contributed by atoms with E-state index in [1.807, 2.05) is 31.2 Å². The van der Waals surface area contributed by atoms with Crippen LogP contribution in [0.3, 0.4) is 0 Å². The van der Waals surface area contributed by atoms with Crippen molar-refractivity contribution < 1.29 is 9.53 Å². The van der Waals surface area contributed by atoms with Gasteiger partial charge in [-0.3, -0.25) is 9.59 Å². The first-order valence-electron chi connectivity index (χ1n) is 10.8. The Labute approximate surface area is 196 Å². The summed E-state index contributed by atoms with van der Waals surface area (Å²) >= 11 is 1.39. The second kappa shape index (κ2) is 9.15. The van der Waals surface area contributed by atoms with Crippen molar-refractivity contribution in [2.45, 2.75) is 46.1 Å². The molecule has 33 heavy (non-hydrogen) atoms. The molecule has 0 aliphatic carbocycles. The topological polar surface area (TPSA) is 85.6 Å². The fourth-order valence-electron chi connectivity index (χ4n) is 3.26. The smallest absolute Gasteiger partial charge is 0.275 e. The molecular weight excluding hydrogens is 436 g/mol. The number of ether oxygens (including phenoxy) is 1. The second-order valence-electron chi connectivity index (χ2n) is 8.73. The van der Waals surface area contributed by atoms with Crippen molar-refractivity contribution >= 4 is 27.9 Å². The number of fused-ring (bicyclic) bond motifs is 1. The minimum absolute atomic E-state index is 0.0317. The summed E-state index contributed by atoms with van der Waals surface area (Å²) in [6.45, 7) is 8.53. The van der Waals surface area contributed by atoms with Crippen molar-refractivity contribution in [2.24, 2.45) is 0 Å². The molecule has 4 rings (SSSR count). The molecule has 1 amide bonds. The zero-order valence-electron chi connectivity index (χ0n) is 19.1. The minimum Gasteiger partial charge on any atom is -0.487 e. The van der Waals surface area contributed by atoms with Crippen LogP contribution in [0.1, 0.15) is 54.3 Å². The largest absolute Gasteiger partial charge is 0.487 e. The summed E-state index contributed by atoms with van der Waals surface area (Å²) in [6.07, 6.45) is 0.749. The van der Waals surface area contributed by atoms with Crippen LogP contribution in [0.25, 0.3) is 4.96 Å². The lowest BCUT2D eigenvalue weighted by atomic mass is 9.87. The third kappa shape index (κ3) is 5.28. The van der Waals surface area contributed by atoms with E-state index in [9.17, 15) is 9.59 Å². The molecule has 0 unspecified atom stereocenters. The molecule has 1 N–H and O–H groups in total. The quantitative estimate of drug-likeness (QED) is 0.443. The van der Waals surface area contributed by atoms with Gasteiger partial charge in [0.05, 0.1) is 5.69 Å². The number of anilines is 1. The van der Waals surface area contributed by atoms with Gasteiger partial charge in [-0.05, 0) is 41.7 Å². The van der Waals surface area contributed by atoms with Gasteiger partial charge in [0.15, 0.2) is 0 Å². The van der Waals surface area contributed by atoms with Crippen molar-refractivity contribution in [3.63, 3.8) is 0 Å². The van der Waals surface area contributed by atoms with Crippen LogP contribution in [0.5, 0.6) is 5.75 Å². The van der Waals surface area contributed by atoms with Gasteiger partial charge in [0.1, 0.15) is 17.4 Å². The first-order valence-corrected chi connectivity index (χ1v) is 11.6. The fraction of sp³-hybridized carbons (Fsp3) is 0.280. The van der Waals surface area contributed by atoms with Gasteiger partial charge in [-0.15, -0.1) is 0 Å². The Morgan fingerprint density at radius 1 is 1.12 bits per heavy atom. The summed E-state index contributed by atoms with van der Waals surface area (Å²) in [4.78, 5) is 30.0. The Hall–Kier alpha value is -3.52. The van der Waals surface area contributed by atoms with Crippen molar-refractivity contribution in [1.82, 2.24) is 14.6 Å². The van der Waals surface area contributed by atoms with E-state index in [4.69, 9.17) is 4.74 Å². The molecule has 2 aromatic carbocycles. The number of aryl methyl sites for hydroxylation is 1. The van der Waals surface area contributed by atoms with Gasteiger partial charge in [0.25, 0.3) is 11.5 Å². The van der Waals surface area contributed by atoms with E-state index in [2.05, 4.69) is 36.2 Å². The van der Waals surface area contributed by atoms with Gasteiger partial charge in [-0.25, -0.2) is 4.98 Å².